The molecule has 2 heteroatoms. The largest absolute Gasteiger partial charge is 0.300 e. The summed E-state index contributed by atoms with van der Waals surface area (Å²) >= 11 is 0. The van der Waals surface area contributed by atoms with E-state index in [1.807, 2.05) is 0 Å². The van der Waals surface area contributed by atoms with Gasteiger partial charge < -0.3 is 4.79 Å². The third kappa shape index (κ3) is 1.82. The molecule has 0 spiro atoms. The summed E-state index contributed by atoms with van der Waals surface area (Å²) < 4.78 is 0. The molecule has 74 valence electrons. The van der Waals surface area contributed by atoms with Gasteiger partial charge in [-0.1, -0.05) is 13.8 Å². The average molecular weight is 182 g/mol. The van der Waals surface area contributed by atoms with Crippen molar-refractivity contribution in [3.63, 3.8) is 0 Å². The third-order valence-electron chi connectivity index (χ3n) is 3.50. The highest BCUT2D eigenvalue weighted by Gasteiger charge is 2.50. The van der Waals surface area contributed by atoms with Crippen LogP contribution in [0.5, 0.6) is 0 Å². The second-order valence-corrected chi connectivity index (χ2v) is 4.82. The van der Waals surface area contributed by atoms with Crippen molar-refractivity contribution in [2.45, 2.75) is 40.5 Å². The first-order valence-electron chi connectivity index (χ1n) is 4.85. The van der Waals surface area contributed by atoms with E-state index in [4.69, 9.17) is 0 Å². The standard InChI is InChI=1S/C11H18O2/c1-7(12)5-9-6-10(8(2)13)11(9,3)4/h9-10H,5-6H2,1-4H3/t9-,10-/m1/s1. The van der Waals surface area contributed by atoms with Crippen LogP contribution in [0.1, 0.15) is 40.5 Å². The Morgan fingerprint density at radius 2 is 1.85 bits per heavy atom. The average Bonchev–Trinajstić information content (AvgIpc) is 1.96. The van der Waals surface area contributed by atoms with Crippen molar-refractivity contribution < 1.29 is 9.59 Å². The van der Waals surface area contributed by atoms with E-state index >= 15 is 0 Å². The van der Waals surface area contributed by atoms with Gasteiger partial charge in [-0.05, 0) is 31.6 Å². The van der Waals surface area contributed by atoms with Crippen molar-refractivity contribution in [2.24, 2.45) is 17.3 Å². The van der Waals surface area contributed by atoms with E-state index in [0.717, 1.165) is 6.42 Å². The lowest BCUT2D eigenvalue weighted by Gasteiger charge is -2.51. The molecule has 0 aromatic carbocycles. The maximum Gasteiger partial charge on any atom is 0.133 e. The first-order valence-corrected chi connectivity index (χ1v) is 4.85. The van der Waals surface area contributed by atoms with Crippen LogP contribution in [0.4, 0.5) is 0 Å². The van der Waals surface area contributed by atoms with Crippen LogP contribution < -0.4 is 0 Å². The number of carbonyl (C=O) groups excluding carboxylic acids is 2. The minimum absolute atomic E-state index is 0.0392. The predicted molar refractivity (Wildman–Crippen MR) is 51.4 cm³/mol. The molecular formula is C11H18O2. The zero-order valence-electron chi connectivity index (χ0n) is 8.89. The maximum atomic E-state index is 11.2. The molecule has 0 unspecified atom stereocenters. The molecule has 0 radical (unpaired) electrons. The van der Waals surface area contributed by atoms with Gasteiger partial charge in [-0.25, -0.2) is 0 Å². The molecule has 2 nitrogen and oxygen atoms in total. The van der Waals surface area contributed by atoms with Gasteiger partial charge in [-0.2, -0.15) is 0 Å². The Morgan fingerprint density at radius 1 is 1.31 bits per heavy atom. The highest BCUT2D eigenvalue weighted by molar-refractivity contribution is 5.81. The molecule has 0 bridgehead atoms. The molecule has 1 fully saturated rings. The van der Waals surface area contributed by atoms with Crippen LogP contribution >= 0.6 is 0 Å². The predicted octanol–water partition coefficient (Wildman–Crippen LogP) is 2.22. The third-order valence-corrected chi connectivity index (χ3v) is 3.50. The highest BCUT2D eigenvalue weighted by atomic mass is 16.1. The summed E-state index contributed by atoms with van der Waals surface area (Å²) in [6, 6.07) is 0. The summed E-state index contributed by atoms with van der Waals surface area (Å²) in [7, 11) is 0. The summed E-state index contributed by atoms with van der Waals surface area (Å²) in [4.78, 5) is 22.1. The van der Waals surface area contributed by atoms with Gasteiger partial charge in [0.25, 0.3) is 0 Å². The second-order valence-electron chi connectivity index (χ2n) is 4.82. The molecule has 2 atom stereocenters. The fourth-order valence-corrected chi connectivity index (χ4v) is 2.40. The molecule has 1 rings (SSSR count). The monoisotopic (exact) mass is 182 g/mol. The van der Waals surface area contributed by atoms with Gasteiger partial charge in [0.05, 0.1) is 0 Å². The Labute approximate surface area is 79.7 Å². The lowest BCUT2D eigenvalue weighted by Crippen LogP contribution is -2.48. The zero-order valence-corrected chi connectivity index (χ0v) is 8.89. The van der Waals surface area contributed by atoms with Crippen LogP contribution in [0.3, 0.4) is 0 Å². The Morgan fingerprint density at radius 3 is 2.15 bits per heavy atom. The molecular weight excluding hydrogens is 164 g/mol. The lowest BCUT2D eigenvalue weighted by atomic mass is 9.52. The Kier molecular flexibility index (Phi) is 2.60. The number of hydrogen-bond acceptors (Lipinski definition) is 2. The van der Waals surface area contributed by atoms with Crippen molar-refractivity contribution >= 4 is 11.6 Å². The fourth-order valence-electron chi connectivity index (χ4n) is 2.40. The molecule has 0 saturated heterocycles. The van der Waals surface area contributed by atoms with Gasteiger partial charge in [0.15, 0.2) is 0 Å². The topological polar surface area (TPSA) is 34.1 Å². The minimum Gasteiger partial charge on any atom is -0.300 e. The van der Waals surface area contributed by atoms with E-state index in [1.54, 1.807) is 13.8 Å². The van der Waals surface area contributed by atoms with E-state index in [-0.39, 0.29) is 22.9 Å². The molecule has 0 amide bonds. The summed E-state index contributed by atoms with van der Waals surface area (Å²) in [5, 5.41) is 0. The van der Waals surface area contributed by atoms with Crippen molar-refractivity contribution in [1.29, 1.82) is 0 Å². The van der Waals surface area contributed by atoms with Gasteiger partial charge in [0.2, 0.25) is 0 Å². The van der Waals surface area contributed by atoms with E-state index in [2.05, 4.69) is 13.8 Å². The van der Waals surface area contributed by atoms with Crippen molar-refractivity contribution in [3.05, 3.63) is 0 Å². The fraction of sp³-hybridized carbons (Fsp3) is 0.818. The lowest BCUT2D eigenvalue weighted by molar-refractivity contribution is -0.139. The van der Waals surface area contributed by atoms with E-state index in [0.29, 0.717) is 12.3 Å². The van der Waals surface area contributed by atoms with Crippen LogP contribution in [-0.4, -0.2) is 11.6 Å². The van der Waals surface area contributed by atoms with Crippen molar-refractivity contribution in [2.75, 3.05) is 0 Å². The molecule has 0 aromatic rings. The Hall–Kier alpha value is -0.660. The Bertz CT molecular complexity index is 240. The minimum atomic E-state index is 0.0392. The maximum absolute atomic E-state index is 11.2. The number of ketones is 2. The van der Waals surface area contributed by atoms with E-state index in [1.165, 1.54) is 0 Å². The molecule has 0 aliphatic heterocycles. The molecule has 0 N–H and O–H groups in total. The molecule has 0 heterocycles. The molecule has 13 heavy (non-hydrogen) atoms. The second kappa shape index (κ2) is 3.24. The molecule has 1 saturated carbocycles. The first-order chi connectivity index (χ1) is 5.85. The molecule has 1 aliphatic rings. The van der Waals surface area contributed by atoms with Gasteiger partial charge in [0, 0.05) is 12.3 Å². The van der Waals surface area contributed by atoms with E-state index in [9.17, 15) is 9.59 Å². The highest BCUT2D eigenvalue weighted by Crippen LogP contribution is 2.53. The normalized spacial score (nSPS) is 30.8. The van der Waals surface area contributed by atoms with Crippen molar-refractivity contribution in [1.82, 2.24) is 0 Å². The van der Waals surface area contributed by atoms with Gasteiger partial charge in [0.1, 0.15) is 11.6 Å². The number of Topliss-reactive ketones (excluding diaryl/α,β-unsaturated/α-hetero) is 2. The van der Waals surface area contributed by atoms with Gasteiger partial charge in [-0.15, -0.1) is 0 Å². The van der Waals surface area contributed by atoms with Crippen LogP contribution in [0, 0.1) is 17.3 Å². The quantitative estimate of drug-likeness (QED) is 0.670. The van der Waals surface area contributed by atoms with Crippen LogP contribution in [0.25, 0.3) is 0 Å². The van der Waals surface area contributed by atoms with Gasteiger partial charge in [-0.3, -0.25) is 4.79 Å². The zero-order chi connectivity index (χ0) is 10.2. The molecule has 1 aliphatic carbocycles. The van der Waals surface area contributed by atoms with E-state index < -0.39 is 0 Å². The summed E-state index contributed by atoms with van der Waals surface area (Å²) in [5.74, 6) is 1.10. The number of rotatable bonds is 3. The van der Waals surface area contributed by atoms with Crippen LogP contribution in [0.15, 0.2) is 0 Å². The SMILES string of the molecule is CC(=O)C[C@@H]1C[C@H](C(C)=O)C1(C)C. The molecule has 0 aromatic heterocycles. The smallest absolute Gasteiger partial charge is 0.133 e. The summed E-state index contributed by atoms with van der Waals surface area (Å²) in [6.45, 7) is 7.46. The van der Waals surface area contributed by atoms with Gasteiger partial charge >= 0.3 is 0 Å². The number of hydrogen-bond donors (Lipinski definition) is 0. The first kappa shape index (κ1) is 10.4. The summed E-state index contributed by atoms with van der Waals surface area (Å²) in [6.07, 6.45) is 1.54. The summed E-state index contributed by atoms with van der Waals surface area (Å²) in [5.41, 5.74) is 0.0392. The van der Waals surface area contributed by atoms with Crippen LogP contribution in [-0.2, 0) is 9.59 Å². The number of carbonyl (C=O) groups is 2. The van der Waals surface area contributed by atoms with Crippen LogP contribution in [0.2, 0.25) is 0 Å². The van der Waals surface area contributed by atoms with Crippen molar-refractivity contribution in [3.8, 4) is 0 Å². The Balaban J connectivity index is 2.59.